The van der Waals surface area contributed by atoms with Gasteiger partial charge in [-0.15, -0.1) is 0 Å². The van der Waals surface area contributed by atoms with Gasteiger partial charge in [0.2, 0.25) is 0 Å². The lowest BCUT2D eigenvalue weighted by molar-refractivity contribution is 0.155. The molecule has 0 saturated carbocycles. The van der Waals surface area contributed by atoms with E-state index < -0.39 is 0 Å². The number of ether oxygens (including phenoxy) is 1. The van der Waals surface area contributed by atoms with Gasteiger partial charge >= 0.3 is 6.01 Å². The summed E-state index contributed by atoms with van der Waals surface area (Å²) in [4.78, 5) is 8.37. The zero-order valence-corrected chi connectivity index (χ0v) is 9.82. The number of hydrogen-bond acceptors (Lipinski definition) is 4. The van der Waals surface area contributed by atoms with Crippen molar-refractivity contribution in [2.24, 2.45) is 11.7 Å². The van der Waals surface area contributed by atoms with Gasteiger partial charge in [-0.3, -0.25) is 0 Å². The van der Waals surface area contributed by atoms with Gasteiger partial charge < -0.3 is 10.5 Å². The molecule has 0 radical (unpaired) electrons. The van der Waals surface area contributed by atoms with E-state index >= 15 is 0 Å². The van der Waals surface area contributed by atoms with Crippen LogP contribution in [0.15, 0.2) is 6.20 Å². The zero-order chi connectivity index (χ0) is 11.4. The lowest BCUT2D eigenvalue weighted by atomic mass is 10.1. The van der Waals surface area contributed by atoms with Crippen LogP contribution in [-0.2, 0) is 6.54 Å². The minimum absolute atomic E-state index is 0.119. The molecule has 0 aliphatic rings. The van der Waals surface area contributed by atoms with E-state index in [1.54, 1.807) is 6.20 Å². The quantitative estimate of drug-likeness (QED) is 0.819. The highest BCUT2D eigenvalue weighted by Crippen LogP contribution is 2.12. The average molecular weight is 209 g/mol. The van der Waals surface area contributed by atoms with Gasteiger partial charge in [0.15, 0.2) is 0 Å². The third kappa shape index (κ3) is 3.16. The lowest BCUT2D eigenvalue weighted by Gasteiger charge is -2.16. The maximum absolute atomic E-state index is 5.59. The van der Waals surface area contributed by atoms with Crippen molar-refractivity contribution in [3.8, 4) is 6.01 Å². The van der Waals surface area contributed by atoms with Gasteiger partial charge in [-0.1, -0.05) is 13.8 Å². The van der Waals surface area contributed by atoms with E-state index in [1.807, 2.05) is 13.8 Å². The first-order valence-electron chi connectivity index (χ1n) is 5.23. The van der Waals surface area contributed by atoms with Gasteiger partial charge in [-0.2, -0.15) is 0 Å². The molecule has 1 heterocycles. The van der Waals surface area contributed by atoms with Gasteiger partial charge in [-0.05, 0) is 19.8 Å². The Labute approximate surface area is 90.9 Å². The summed E-state index contributed by atoms with van der Waals surface area (Å²) in [7, 11) is 0. The monoisotopic (exact) mass is 209 g/mol. The van der Waals surface area contributed by atoms with E-state index in [-0.39, 0.29) is 6.10 Å². The Morgan fingerprint density at radius 2 is 2.07 bits per heavy atom. The third-order valence-electron chi connectivity index (χ3n) is 2.51. The highest BCUT2D eigenvalue weighted by molar-refractivity contribution is 5.17. The van der Waals surface area contributed by atoms with Gasteiger partial charge in [0.05, 0.1) is 0 Å². The minimum Gasteiger partial charge on any atom is -0.460 e. The Hall–Kier alpha value is -1.16. The molecule has 1 rings (SSSR count). The van der Waals surface area contributed by atoms with Crippen molar-refractivity contribution in [3.63, 3.8) is 0 Å². The van der Waals surface area contributed by atoms with Crippen LogP contribution in [0.2, 0.25) is 0 Å². The van der Waals surface area contributed by atoms with Crippen LogP contribution in [-0.4, -0.2) is 16.1 Å². The first-order chi connectivity index (χ1) is 7.04. The van der Waals surface area contributed by atoms with Gasteiger partial charge in [0.1, 0.15) is 6.10 Å². The summed E-state index contributed by atoms with van der Waals surface area (Å²) in [5.41, 5.74) is 7.37. The summed E-state index contributed by atoms with van der Waals surface area (Å²) >= 11 is 0. The maximum Gasteiger partial charge on any atom is 0.316 e. The number of nitrogens with two attached hydrogens (primary N) is 1. The van der Waals surface area contributed by atoms with E-state index in [0.717, 1.165) is 11.3 Å². The molecule has 0 aromatic carbocycles. The summed E-state index contributed by atoms with van der Waals surface area (Å²) < 4.78 is 5.59. The number of nitrogens with zero attached hydrogens (tertiary/aromatic N) is 2. The van der Waals surface area contributed by atoms with E-state index in [0.29, 0.717) is 18.5 Å². The average Bonchev–Trinajstić information content (AvgIpc) is 2.18. The molecule has 1 aromatic heterocycles. The molecule has 4 heteroatoms. The molecular weight excluding hydrogens is 190 g/mol. The van der Waals surface area contributed by atoms with Crippen LogP contribution < -0.4 is 10.5 Å². The van der Waals surface area contributed by atoms with Crippen molar-refractivity contribution >= 4 is 0 Å². The smallest absolute Gasteiger partial charge is 0.316 e. The van der Waals surface area contributed by atoms with Crippen molar-refractivity contribution in [1.82, 2.24) is 9.97 Å². The van der Waals surface area contributed by atoms with Crippen molar-refractivity contribution in [2.45, 2.75) is 40.3 Å². The number of aromatic nitrogens is 2. The van der Waals surface area contributed by atoms with Crippen LogP contribution in [0.25, 0.3) is 0 Å². The second kappa shape index (κ2) is 5.07. The third-order valence-corrected chi connectivity index (χ3v) is 2.51. The van der Waals surface area contributed by atoms with Crippen molar-refractivity contribution < 1.29 is 4.74 Å². The van der Waals surface area contributed by atoms with Crippen molar-refractivity contribution in [2.75, 3.05) is 0 Å². The van der Waals surface area contributed by atoms with Gasteiger partial charge in [0, 0.05) is 24.0 Å². The molecule has 2 N–H and O–H groups in total. The van der Waals surface area contributed by atoms with Crippen LogP contribution >= 0.6 is 0 Å². The van der Waals surface area contributed by atoms with Gasteiger partial charge in [-0.25, -0.2) is 9.97 Å². The van der Waals surface area contributed by atoms with Gasteiger partial charge in [0.25, 0.3) is 0 Å². The molecule has 4 nitrogen and oxygen atoms in total. The van der Waals surface area contributed by atoms with Crippen LogP contribution in [0.5, 0.6) is 6.01 Å². The fourth-order valence-electron chi connectivity index (χ4n) is 1.03. The lowest BCUT2D eigenvalue weighted by Crippen LogP contribution is -2.20. The largest absolute Gasteiger partial charge is 0.460 e. The van der Waals surface area contributed by atoms with Crippen molar-refractivity contribution in [3.05, 3.63) is 17.5 Å². The molecular formula is C11H19N3O. The van der Waals surface area contributed by atoms with Crippen LogP contribution in [0.4, 0.5) is 0 Å². The number of hydrogen-bond donors (Lipinski definition) is 1. The zero-order valence-electron chi connectivity index (χ0n) is 9.82. The molecule has 0 amide bonds. The molecule has 0 spiro atoms. The Morgan fingerprint density at radius 1 is 1.40 bits per heavy atom. The molecule has 0 saturated heterocycles. The fourth-order valence-corrected chi connectivity index (χ4v) is 1.03. The highest BCUT2D eigenvalue weighted by Gasteiger charge is 2.11. The molecule has 1 atom stereocenters. The summed E-state index contributed by atoms with van der Waals surface area (Å²) in [6, 6.07) is 0.436. The standard InChI is InChI=1S/C11H19N3O/c1-7(2)9(4)15-11-13-6-10(5-12)8(3)14-11/h6-7,9H,5,12H2,1-4H3. The molecule has 0 aliphatic carbocycles. The first kappa shape index (κ1) is 11.9. The summed E-state index contributed by atoms with van der Waals surface area (Å²) in [6.45, 7) is 8.60. The van der Waals surface area contributed by atoms with E-state index in [9.17, 15) is 0 Å². The summed E-state index contributed by atoms with van der Waals surface area (Å²) in [6.07, 6.45) is 1.85. The minimum atomic E-state index is 0.119. The Bertz CT molecular complexity index is 326. The molecule has 1 unspecified atom stereocenters. The summed E-state index contributed by atoms with van der Waals surface area (Å²) in [5, 5.41) is 0. The molecule has 1 aromatic rings. The second-order valence-electron chi connectivity index (χ2n) is 4.03. The predicted octanol–water partition coefficient (Wildman–Crippen LogP) is 1.67. The van der Waals surface area contributed by atoms with Crippen LogP contribution in [0.1, 0.15) is 32.0 Å². The Morgan fingerprint density at radius 3 is 2.53 bits per heavy atom. The second-order valence-corrected chi connectivity index (χ2v) is 4.03. The van der Waals surface area contributed by atoms with E-state index in [4.69, 9.17) is 10.5 Å². The topological polar surface area (TPSA) is 61.0 Å². The molecule has 84 valence electrons. The number of rotatable bonds is 4. The molecule has 0 aliphatic heterocycles. The van der Waals surface area contributed by atoms with Crippen LogP contribution in [0, 0.1) is 12.8 Å². The predicted molar refractivity (Wildman–Crippen MR) is 59.6 cm³/mol. The molecule has 0 bridgehead atoms. The maximum atomic E-state index is 5.59. The van der Waals surface area contributed by atoms with E-state index in [1.165, 1.54) is 0 Å². The molecule has 15 heavy (non-hydrogen) atoms. The Kier molecular flexibility index (Phi) is 4.03. The SMILES string of the molecule is Cc1nc(OC(C)C(C)C)ncc1CN. The summed E-state index contributed by atoms with van der Waals surface area (Å²) in [5.74, 6) is 0.447. The first-order valence-corrected chi connectivity index (χ1v) is 5.23. The van der Waals surface area contributed by atoms with E-state index in [2.05, 4.69) is 23.8 Å². The molecule has 0 fully saturated rings. The van der Waals surface area contributed by atoms with Crippen LogP contribution in [0.3, 0.4) is 0 Å². The Balaban J connectivity index is 2.75. The highest BCUT2D eigenvalue weighted by atomic mass is 16.5. The fraction of sp³-hybridized carbons (Fsp3) is 0.636. The normalized spacial score (nSPS) is 12.9. The number of aryl methyl sites for hydroxylation is 1. The van der Waals surface area contributed by atoms with Crippen molar-refractivity contribution in [1.29, 1.82) is 0 Å².